The molecular weight excluding hydrogens is 315 g/mol. The van der Waals surface area contributed by atoms with Gasteiger partial charge in [0.1, 0.15) is 6.04 Å². The Labute approximate surface area is 137 Å². The second-order valence-electron chi connectivity index (χ2n) is 5.28. The number of aromatic nitrogens is 2. The van der Waals surface area contributed by atoms with Gasteiger partial charge in [-0.1, -0.05) is 0 Å². The van der Waals surface area contributed by atoms with Gasteiger partial charge >= 0.3 is 0 Å². The summed E-state index contributed by atoms with van der Waals surface area (Å²) in [6, 6.07) is 1.62. The maximum atomic E-state index is 12.1. The molecule has 6 nitrogen and oxygen atoms in total. The third-order valence-corrected chi connectivity index (χ3v) is 3.63. The van der Waals surface area contributed by atoms with Crippen LogP contribution in [-0.4, -0.2) is 46.5 Å². The van der Waals surface area contributed by atoms with Crippen LogP contribution in [0, 0.1) is 19.8 Å². The molecule has 0 bridgehead atoms. The summed E-state index contributed by atoms with van der Waals surface area (Å²) in [5.41, 5.74) is 1.88. The number of carbonyl (C=O) groups excluding carboxylic acids is 1. The minimum absolute atomic E-state index is 0. The summed E-state index contributed by atoms with van der Waals surface area (Å²) in [5, 5.41) is 20.0. The van der Waals surface area contributed by atoms with Crippen LogP contribution in [0.2, 0.25) is 0 Å². The van der Waals surface area contributed by atoms with E-state index < -0.39 is 0 Å². The average molecular weight is 339 g/mol. The molecule has 8 heteroatoms. The van der Waals surface area contributed by atoms with Crippen molar-refractivity contribution in [3.63, 3.8) is 0 Å². The number of halogens is 2. The van der Waals surface area contributed by atoms with Gasteiger partial charge in [-0.25, -0.2) is 0 Å². The van der Waals surface area contributed by atoms with Crippen molar-refractivity contribution in [3.05, 3.63) is 17.5 Å². The first kappa shape index (κ1) is 20.2. The maximum Gasteiger partial charge on any atom is 0.244 e. The molecule has 1 aliphatic rings. The van der Waals surface area contributed by atoms with Gasteiger partial charge in [0.15, 0.2) is 0 Å². The third kappa shape index (κ3) is 4.85. The highest BCUT2D eigenvalue weighted by Gasteiger charge is 2.26. The fraction of sp³-hybridized carbons (Fsp3) is 0.692. The molecule has 0 saturated carbocycles. The quantitative estimate of drug-likeness (QED) is 0.751. The van der Waals surface area contributed by atoms with Crippen LogP contribution < -0.4 is 10.6 Å². The van der Waals surface area contributed by atoms with Crippen molar-refractivity contribution in [1.29, 1.82) is 0 Å². The van der Waals surface area contributed by atoms with Gasteiger partial charge in [-0.15, -0.1) is 24.8 Å². The normalized spacial score (nSPS) is 22.1. The van der Waals surface area contributed by atoms with Gasteiger partial charge in [0.25, 0.3) is 0 Å². The third-order valence-electron chi connectivity index (χ3n) is 3.63. The van der Waals surface area contributed by atoms with Crippen LogP contribution in [0.25, 0.3) is 0 Å². The van der Waals surface area contributed by atoms with Gasteiger partial charge in [0.2, 0.25) is 5.91 Å². The molecule has 0 aromatic carbocycles. The Bertz CT molecular complexity index is 467. The van der Waals surface area contributed by atoms with Gasteiger partial charge in [-0.3, -0.25) is 9.48 Å². The zero-order valence-corrected chi connectivity index (χ0v) is 14.1. The first-order valence-corrected chi connectivity index (χ1v) is 6.68. The molecule has 3 atom stereocenters. The highest BCUT2D eigenvalue weighted by atomic mass is 35.5. The molecule has 1 saturated heterocycles. The monoisotopic (exact) mass is 338 g/mol. The summed E-state index contributed by atoms with van der Waals surface area (Å²) in [4.78, 5) is 12.1. The SMILES string of the molecule is Cc1cc(C)n(C(C)C(=O)NCC2CNCC2O)n1.Cl.Cl. The Balaban J connectivity index is 0.00000200. The Morgan fingerprint density at radius 1 is 1.52 bits per heavy atom. The molecule has 0 aliphatic carbocycles. The van der Waals surface area contributed by atoms with Gasteiger partial charge < -0.3 is 15.7 Å². The highest BCUT2D eigenvalue weighted by Crippen LogP contribution is 2.12. The standard InChI is InChI=1S/C13H22N4O2.2ClH/c1-8-4-9(2)17(16-8)10(3)13(19)15-6-11-5-14-7-12(11)18;;/h4,10-12,14,18H,5-7H2,1-3H3,(H,15,19);2*1H. The number of rotatable bonds is 4. The van der Waals surface area contributed by atoms with Crippen molar-refractivity contribution in [2.45, 2.75) is 32.9 Å². The Morgan fingerprint density at radius 2 is 2.19 bits per heavy atom. The summed E-state index contributed by atoms with van der Waals surface area (Å²) in [6.07, 6.45) is -0.371. The molecule has 1 fully saturated rings. The fourth-order valence-corrected chi connectivity index (χ4v) is 2.46. The summed E-state index contributed by atoms with van der Waals surface area (Å²) in [5.74, 6) is 0.0295. The van der Waals surface area contributed by atoms with Gasteiger partial charge in [0, 0.05) is 31.2 Å². The largest absolute Gasteiger partial charge is 0.391 e. The Hall–Kier alpha value is -0.820. The molecule has 0 radical (unpaired) electrons. The van der Waals surface area contributed by atoms with Crippen molar-refractivity contribution in [2.75, 3.05) is 19.6 Å². The molecule has 3 N–H and O–H groups in total. The Kier molecular flexibility index (Phi) is 8.25. The highest BCUT2D eigenvalue weighted by molar-refractivity contribution is 5.85. The lowest BCUT2D eigenvalue weighted by Gasteiger charge is -2.18. The second-order valence-corrected chi connectivity index (χ2v) is 5.28. The molecule has 1 aliphatic heterocycles. The molecule has 1 amide bonds. The number of aliphatic hydroxyl groups excluding tert-OH is 1. The van der Waals surface area contributed by atoms with Crippen molar-refractivity contribution in [3.8, 4) is 0 Å². The summed E-state index contributed by atoms with van der Waals surface area (Å²) < 4.78 is 1.73. The number of aryl methyl sites for hydroxylation is 2. The van der Waals surface area contributed by atoms with Gasteiger partial charge in [0.05, 0.1) is 11.8 Å². The molecule has 2 heterocycles. The number of aliphatic hydroxyl groups is 1. The molecular formula is C13H24Cl2N4O2. The van der Waals surface area contributed by atoms with Gasteiger partial charge in [-0.2, -0.15) is 5.10 Å². The van der Waals surface area contributed by atoms with Crippen molar-refractivity contribution in [1.82, 2.24) is 20.4 Å². The van der Waals surface area contributed by atoms with Crippen LogP contribution in [0.4, 0.5) is 0 Å². The lowest BCUT2D eigenvalue weighted by atomic mass is 10.1. The number of β-amino-alcohol motifs (C(OH)–C–C–N with tert-alkyl or cyclic N) is 1. The second kappa shape index (κ2) is 8.58. The van der Waals surface area contributed by atoms with E-state index in [1.54, 1.807) is 4.68 Å². The molecule has 122 valence electrons. The van der Waals surface area contributed by atoms with Gasteiger partial charge in [-0.05, 0) is 26.8 Å². The molecule has 2 rings (SSSR count). The number of nitrogens with one attached hydrogen (secondary N) is 2. The number of amides is 1. The van der Waals surface area contributed by atoms with Crippen molar-refractivity contribution in [2.24, 2.45) is 5.92 Å². The summed E-state index contributed by atoms with van der Waals surface area (Å²) in [6.45, 7) is 7.53. The zero-order chi connectivity index (χ0) is 14.0. The molecule has 0 spiro atoms. The first-order valence-electron chi connectivity index (χ1n) is 6.68. The minimum atomic E-state index is -0.371. The van der Waals surface area contributed by atoms with E-state index >= 15 is 0 Å². The van der Waals surface area contributed by atoms with E-state index in [2.05, 4.69) is 15.7 Å². The Morgan fingerprint density at radius 3 is 2.67 bits per heavy atom. The predicted molar refractivity (Wildman–Crippen MR) is 86.3 cm³/mol. The molecule has 1 aromatic rings. The first-order chi connectivity index (χ1) is 8.99. The number of nitrogens with zero attached hydrogens (tertiary/aromatic N) is 2. The molecule has 21 heavy (non-hydrogen) atoms. The van der Waals surface area contributed by atoms with Crippen LogP contribution in [-0.2, 0) is 4.79 Å². The van der Waals surface area contributed by atoms with E-state index in [1.807, 2.05) is 26.8 Å². The number of hydrogen-bond donors (Lipinski definition) is 3. The zero-order valence-electron chi connectivity index (χ0n) is 12.5. The van der Waals surface area contributed by atoms with Crippen molar-refractivity contribution >= 4 is 30.7 Å². The van der Waals surface area contributed by atoms with Crippen LogP contribution in [0.5, 0.6) is 0 Å². The molecule has 3 unspecified atom stereocenters. The lowest BCUT2D eigenvalue weighted by Crippen LogP contribution is -2.38. The van der Waals surface area contributed by atoms with Crippen LogP contribution in [0.1, 0.15) is 24.4 Å². The van der Waals surface area contributed by atoms with E-state index in [0.29, 0.717) is 13.1 Å². The number of carbonyl (C=O) groups is 1. The van der Waals surface area contributed by atoms with Crippen molar-refractivity contribution < 1.29 is 9.90 Å². The maximum absolute atomic E-state index is 12.1. The summed E-state index contributed by atoms with van der Waals surface area (Å²) >= 11 is 0. The van der Waals surface area contributed by atoms with Crippen LogP contribution >= 0.6 is 24.8 Å². The van der Waals surface area contributed by atoms with E-state index in [9.17, 15) is 9.90 Å². The predicted octanol–water partition coefficient (Wildman–Crippen LogP) is 0.601. The van der Waals surface area contributed by atoms with Crippen LogP contribution in [0.3, 0.4) is 0 Å². The van der Waals surface area contributed by atoms with E-state index in [-0.39, 0.29) is 48.8 Å². The van der Waals surface area contributed by atoms with E-state index in [1.165, 1.54) is 0 Å². The smallest absolute Gasteiger partial charge is 0.244 e. The van der Waals surface area contributed by atoms with Crippen LogP contribution in [0.15, 0.2) is 6.07 Å². The minimum Gasteiger partial charge on any atom is -0.391 e. The topological polar surface area (TPSA) is 79.2 Å². The fourth-order valence-electron chi connectivity index (χ4n) is 2.46. The van der Waals surface area contributed by atoms with E-state index in [0.717, 1.165) is 17.9 Å². The summed E-state index contributed by atoms with van der Waals surface area (Å²) in [7, 11) is 0. The lowest BCUT2D eigenvalue weighted by molar-refractivity contribution is -0.124. The van der Waals surface area contributed by atoms with E-state index in [4.69, 9.17) is 0 Å². The average Bonchev–Trinajstić information content (AvgIpc) is 2.91. The molecule has 1 aromatic heterocycles. The number of hydrogen-bond acceptors (Lipinski definition) is 4.